The van der Waals surface area contributed by atoms with Crippen molar-refractivity contribution in [2.75, 3.05) is 11.9 Å². The zero-order chi connectivity index (χ0) is 13.2. The molecule has 0 bridgehead atoms. The molecule has 1 saturated carbocycles. The van der Waals surface area contributed by atoms with Crippen molar-refractivity contribution in [3.63, 3.8) is 0 Å². The van der Waals surface area contributed by atoms with Crippen LogP contribution >= 0.6 is 0 Å². The molecule has 1 aliphatic carbocycles. The van der Waals surface area contributed by atoms with Crippen LogP contribution in [0.25, 0.3) is 0 Å². The van der Waals surface area contributed by atoms with Crippen LogP contribution in [0.2, 0.25) is 0 Å². The standard InChI is InChI=1S/C14H23N3O/c1-10(2)14(6-7-14)9-16-13-15-8-5-12(17-13)18-11(3)4/h5,8,10-11H,6-7,9H2,1-4H3,(H,15,16,17). The van der Waals surface area contributed by atoms with Gasteiger partial charge >= 0.3 is 0 Å². The summed E-state index contributed by atoms with van der Waals surface area (Å²) in [4.78, 5) is 8.59. The molecule has 0 unspecified atom stereocenters. The van der Waals surface area contributed by atoms with Crippen LogP contribution in [0.5, 0.6) is 5.88 Å². The Morgan fingerprint density at radius 1 is 1.33 bits per heavy atom. The summed E-state index contributed by atoms with van der Waals surface area (Å²) in [7, 11) is 0. The molecule has 18 heavy (non-hydrogen) atoms. The third-order valence-electron chi connectivity index (χ3n) is 3.70. The fraction of sp³-hybridized carbons (Fsp3) is 0.714. The SMILES string of the molecule is CC(C)Oc1ccnc(NCC2(C(C)C)CC2)n1. The molecule has 0 spiro atoms. The average Bonchev–Trinajstić information content (AvgIpc) is 3.07. The van der Waals surface area contributed by atoms with Crippen molar-refractivity contribution in [3.8, 4) is 5.88 Å². The Morgan fingerprint density at radius 2 is 2.06 bits per heavy atom. The third kappa shape index (κ3) is 3.12. The monoisotopic (exact) mass is 249 g/mol. The van der Waals surface area contributed by atoms with Crippen molar-refractivity contribution in [2.45, 2.75) is 46.6 Å². The molecule has 1 aromatic heterocycles. The number of aromatic nitrogens is 2. The van der Waals surface area contributed by atoms with Gasteiger partial charge in [-0.05, 0) is 38.0 Å². The quantitative estimate of drug-likeness (QED) is 0.841. The van der Waals surface area contributed by atoms with Crippen LogP contribution < -0.4 is 10.1 Å². The predicted octanol–water partition coefficient (Wildman–Crippen LogP) is 3.11. The fourth-order valence-corrected chi connectivity index (χ4v) is 2.11. The molecular formula is C14H23N3O. The van der Waals surface area contributed by atoms with Crippen molar-refractivity contribution < 1.29 is 4.74 Å². The highest BCUT2D eigenvalue weighted by Gasteiger charge is 2.45. The number of hydrogen-bond donors (Lipinski definition) is 1. The zero-order valence-corrected chi connectivity index (χ0v) is 11.7. The Hall–Kier alpha value is -1.32. The predicted molar refractivity (Wildman–Crippen MR) is 72.8 cm³/mol. The lowest BCUT2D eigenvalue weighted by Crippen LogP contribution is -2.22. The minimum atomic E-state index is 0.137. The highest BCUT2D eigenvalue weighted by atomic mass is 16.5. The van der Waals surface area contributed by atoms with E-state index in [9.17, 15) is 0 Å². The fourth-order valence-electron chi connectivity index (χ4n) is 2.11. The van der Waals surface area contributed by atoms with Gasteiger partial charge in [0.15, 0.2) is 0 Å². The Morgan fingerprint density at radius 3 is 2.61 bits per heavy atom. The molecule has 4 heteroatoms. The van der Waals surface area contributed by atoms with Crippen molar-refractivity contribution in [2.24, 2.45) is 11.3 Å². The van der Waals surface area contributed by atoms with Crippen LogP contribution in [-0.4, -0.2) is 22.6 Å². The van der Waals surface area contributed by atoms with Gasteiger partial charge in [0.25, 0.3) is 0 Å². The van der Waals surface area contributed by atoms with Crippen molar-refractivity contribution in [3.05, 3.63) is 12.3 Å². The number of anilines is 1. The topological polar surface area (TPSA) is 47.0 Å². The molecule has 100 valence electrons. The summed E-state index contributed by atoms with van der Waals surface area (Å²) in [5.41, 5.74) is 0.457. The smallest absolute Gasteiger partial charge is 0.225 e. The summed E-state index contributed by atoms with van der Waals surface area (Å²) in [6.45, 7) is 9.51. The Labute approximate surface area is 109 Å². The maximum Gasteiger partial charge on any atom is 0.225 e. The van der Waals surface area contributed by atoms with Gasteiger partial charge in [-0.15, -0.1) is 0 Å². The minimum absolute atomic E-state index is 0.137. The van der Waals surface area contributed by atoms with E-state index in [1.54, 1.807) is 12.3 Å². The van der Waals surface area contributed by atoms with Gasteiger partial charge in [-0.1, -0.05) is 13.8 Å². The lowest BCUT2D eigenvalue weighted by Gasteiger charge is -2.20. The van der Waals surface area contributed by atoms with E-state index in [1.165, 1.54) is 12.8 Å². The number of nitrogens with zero attached hydrogens (tertiary/aromatic N) is 2. The maximum atomic E-state index is 5.56. The summed E-state index contributed by atoms with van der Waals surface area (Å²) in [6.07, 6.45) is 4.49. The highest BCUT2D eigenvalue weighted by Crippen LogP contribution is 2.51. The van der Waals surface area contributed by atoms with Gasteiger partial charge in [0.2, 0.25) is 11.8 Å². The minimum Gasteiger partial charge on any atom is -0.475 e. The van der Waals surface area contributed by atoms with Gasteiger partial charge in [-0.2, -0.15) is 4.98 Å². The maximum absolute atomic E-state index is 5.56. The zero-order valence-electron chi connectivity index (χ0n) is 11.7. The molecule has 0 aliphatic heterocycles. The van der Waals surface area contributed by atoms with Crippen molar-refractivity contribution in [1.29, 1.82) is 0 Å². The summed E-state index contributed by atoms with van der Waals surface area (Å²) in [5.74, 6) is 2.01. The van der Waals surface area contributed by atoms with E-state index in [1.807, 2.05) is 13.8 Å². The highest BCUT2D eigenvalue weighted by molar-refractivity contribution is 5.28. The summed E-state index contributed by atoms with van der Waals surface area (Å²) >= 11 is 0. The van der Waals surface area contributed by atoms with Gasteiger partial charge < -0.3 is 10.1 Å². The molecule has 4 nitrogen and oxygen atoms in total. The van der Waals surface area contributed by atoms with E-state index in [2.05, 4.69) is 29.1 Å². The molecule has 1 aromatic rings. The molecule has 1 fully saturated rings. The second kappa shape index (κ2) is 5.12. The molecule has 0 saturated heterocycles. The first-order chi connectivity index (χ1) is 8.52. The number of rotatable bonds is 6. The number of nitrogens with one attached hydrogen (secondary N) is 1. The Bertz CT molecular complexity index is 400. The van der Waals surface area contributed by atoms with E-state index >= 15 is 0 Å². The second-order valence-corrected chi connectivity index (χ2v) is 5.76. The average molecular weight is 249 g/mol. The Kier molecular flexibility index (Phi) is 3.73. The third-order valence-corrected chi connectivity index (χ3v) is 3.70. The van der Waals surface area contributed by atoms with Crippen LogP contribution in [0.1, 0.15) is 40.5 Å². The van der Waals surface area contributed by atoms with Gasteiger partial charge in [-0.25, -0.2) is 4.98 Å². The lowest BCUT2D eigenvalue weighted by molar-refractivity contribution is 0.232. The molecular weight excluding hydrogens is 226 g/mol. The van der Waals surface area contributed by atoms with E-state index < -0.39 is 0 Å². The molecule has 1 heterocycles. The van der Waals surface area contributed by atoms with Gasteiger partial charge in [0.05, 0.1) is 6.10 Å². The Balaban J connectivity index is 1.93. The first-order valence-electron chi connectivity index (χ1n) is 6.75. The summed E-state index contributed by atoms with van der Waals surface area (Å²) in [5, 5.41) is 3.34. The summed E-state index contributed by atoms with van der Waals surface area (Å²) in [6, 6.07) is 1.79. The van der Waals surface area contributed by atoms with Crippen LogP contribution in [0.4, 0.5) is 5.95 Å². The van der Waals surface area contributed by atoms with Crippen LogP contribution in [-0.2, 0) is 0 Å². The van der Waals surface area contributed by atoms with Crippen molar-refractivity contribution >= 4 is 5.95 Å². The normalized spacial score (nSPS) is 17.0. The van der Waals surface area contributed by atoms with Gasteiger partial charge in [-0.3, -0.25) is 0 Å². The molecule has 0 aromatic carbocycles. The molecule has 0 radical (unpaired) electrons. The molecule has 2 rings (SSSR count). The molecule has 0 amide bonds. The van der Waals surface area contributed by atoms with E-state index in [4.69, 9.17) is 4.74 Å². The number of hydrogen-bond acceptors (Lipinski definition) is 4. The van der Waals surface area contributed by atoms with Gasteiger partial charge in [0, 0.05) is 18.8 Å². The van der Waals surface area contributed by atoms with Gasteiger partial charge in [0.1, 0.15) is 0 Å². The second-order valence-electron chi connectivity index (χ2n) is 5.76. The molecule has 0 atom stereocenters. The molecule has 1 N–H and O–H groups in total. The largest absolute Gasteiger partial charge is 0.475 e. The van der Waals surface area contributed by atoms with E-state index in [0.717, 1.165) is 6.54 Å². The first kappa shape index (κ1) is 13.1. The van der Waals surface area contributed by atoms with Crippen LogP contribution in [0.15, 0.2) is 12.3 Å². The van der Waals surface area contributed by atoms with E-state index in [-0.39, 0.29) is 6.10 Å². The van der Waals surface area contributed by atoms with E-state index in [0.29, 0.717) is 23.2 Å². The summed E-state index contributed by atoms with van der Waals surface area (Å²) < 4.78 is 5.56. The lowest BCUT2D eigenvalue weighted by atomic mass is 9.92. The van der Waals surface area contributed by atoms with Crippen LogP contribution in [0.3, 0.4) is 0 Å². The first-order valence-corrected chi connectivity index (χ1v) is 6.75. The number of ether oxygens (including phenoxy) is 1. The van der Waals surface area contributed by atoms with Crippen LogP contribution in [0, 0.1) is 11.3 Å². The van der Waals surface area contributed by atoms with Crippen molar-refractivity contribution in [1.82, 2.24) is 9.97 Å². The molecule has 1 aliphatic rings.